The van der Waals surface area contributed by atoms with E-state index in [0.29, 0.717) is 16.5 Å². The SMILES string of the molecule is CC(=O)OC[C@H]1Oc2c(c3cc(C(C)C)ccc3n(C)c2=O)[C@@H](OC(C)=O)[C@@H]1OC(C)=O. The lowest BCUT2D eigenvalue weighted by atomic mass is 9.91. The number of nitrogens with zero attached hydrogens (tertiary/aromatic N) is 1. The van der Waals surface area contributed by atoms with Crippen molar-refractivity contribution < 1.29 is 33.3 Å². The van der Waals surface area contributed by atoms with Crippen LogP contribution in [0.4, 0.5) is 0 Å². The molecule has 3 atom stereocenters. The molecule has 3 rings (SSSR count). The van der Waals surface area contributed by atoms with E-state index in [1.54, 1.807) is 7.05 Å². The van der Waals surface area contributed by atoms with Crippen molar-refractivity contribution in [2.24, 2.45) is 7.05 Å². The lowest BCUT2D eigenvalue weighted by Crippen LogP contribution is -2.49. The van der Waals surface area contributed by atoms with E-state index in [1.165, 1.54) is 25.3 Å². The molecule has 1 aromatic carbocycles. The van der Waals surface area contributed by atoms with Gasteiger partial charge in [-0.15, -0.1) is 0 Å². The molecule has 2 aromatic rings. The number of benzene rings is 1. The van der Waals surface area contributed by atoms with Gasteiger partial charge in [-0.1, -0.05) is 19.9 Å². The Labute approximate surface area is 185 Å². The van der Waals surface area contributed by atoms with Crippen LogP contribution in [0.25, 0.3) is 10.9 Å². The predicted octanol–water partition coefficient (Wildman–Crippen LogP) is 2.52. The molecule has 32 heavy (non-hydrogen) atoms. The maximum absolute atomic E-state index is 13.2. The largest absolute Gasteiger partial charge is 0.477 e. The zero-order valence-electron chi connectivity index (χ0n) is 19.0. The van der Waals surface area contributed by atoms with Gasteiger partial charge in [-0.05, 0) is 23.6 Å². The number of carbonyl (C=O) groups is 3. The van der Waals surface area contributed by atoms with Gasteiger partial charge in [0.15, 0.2) is 24.1 Å². The highest BCUT2D eigenvalue weighted by Gasteiger charge is 2.46. The van der Waals surface area contributed by atoms with E-state index < -0.39 is 41.8 Å². The quantitative estimate of drug-likeness (QED) is 0.510. The smallest absolute Gasteiger partial charge is 0.303 e. The molecule has 0 saturated carbocycles. The molecule has 0 fully saturated rings. The molecule has 0 bridgehead atoms. The van der Waals surface area contributed by atoms with E-state index in [0.717, 1.165) is 5.56 Å². The molecular weight excluding hydrogens is 418 g/mol. The number of hydrogen-bond acceptors (Lipinski definition) is 8. The molecule has 1 aliphatic heterocycles. The average Bonchev–Trinajstić information content (AvgIpc) is 2.70. The standard InChI is InChI=1S/C23H27NO8/c1-11(2)15-7-8-17-16(9-15)19-21(31-14(5)27)20(30-13(4)26)18(10-29-12(3)25)32-22(19)23(28)24(17)6/h7-9,11,18,20-21H,10H2,1-6H3/t18-,20-,21-/m1/s1. The minimum absolute atomic E-state index is 0.0345. The summed E-state index contributed by atoms with van der Waals surface area (Å²) in [5.41, 5.74) is 1.49. The Bertz CT molecular complexity index is 1130. The molecule has 0 N–H and O–H groups in total. The van der Waals surface area contributed by atoms with Crippen LogP contribution in [0.3, 0.4) is 0 Å². The first-order valence-corrected chi connectivity index (χ1v) is 10.3. The van der Waals surface area contributed by atoms with Crippen molar-refractivity contribution in [3.8, 4) is 5.75 Å². The molecule has 0 spiro atoms. The number of pyridine rings is 1. The third-order valence-corrected chi connectivity index (χ3v) is 5.35. The summed E-state index contributed by atoms with van der Waals surface area (Å²) in [5, 5.41) is 0.641. The van der Waals surface area contributed by atoms with Crippen LogP contribution in [0, 0.1) is 0 Å². The monoisotopic (exact) mass is 445 g/mol. The van der Waals surface area contributed by atoms with Crippen molar-refractivity contribution in [1.29, 1.82) is 0 Å². The first-order valence-electron chi connectivity index (χ1n) is 10.3. The number of rotatable bonds is 5. The Morgan fingerprint density at radius 2 is 1.72 bits per heavy atom. The van der Waals surface area contributed by atoms with Gasteiger partial charge >= 0.3 is 17.9 Å². The number of aromatic nitrogens is 1. The van der Waals surface area contributed by atoms with E-state index in [1.807, 2.05) is 32.0 Å². The highest BCUT2D eigenvalue weighted by Crippen LogP contribution is 2.42. The number of aryl methyl sites for hydroxylation is 1. The van der Waals surface area contributed by atoms with Gasteiger partial charge in [-0.3, -0.25) is 19.2 Å². The molecule has 0 radical (unpaired) electrons. The van der Waals surface area contributed by atoms with E-state index >= 15 is 0 Å². The third kappa shape index (κ3) is 4.46. The van der Waals surface area contributed by atoms with E-state index in [2.05, 4.69) is 0 Å². The van der Waals surface area contributed by atoms with Gasteiger partial charge in [0.2, 0.25) is 0 Å². The van der Waals surface area contributed by atoms with Crippen LogP contribution in [0.5, 0.6) is 5.75 Å². The second kappa shape index (κ2) is 9.02. The number of fused-ring (bicyclic) bond motifs is 3. The molecule has 172 valence electrons. The summed E-state index contributed by atoms with van der Waals surface area (Å²) in [4.78, 5) is 48.4. The molecule has 9 nitrogen and oxygen atoms in total. The van der Waals surface area contributed by atoms with Crippen molar-refractivity contribution in [2.75, 3.05) is 6.61 Å². The minimum Gasteiger partial charge on any atom is -0.477 e. The highest BCUT2D eigenvalue weighted by atomic mass is 16.6. The van der Waals surface area contributed by atoms with E-state index in [4.69, 9.17) is 18.9 Å². The van der Waals surface area contributed by atoms with Gasteiger partial charge in [-0.25, -0.2) is 0 Å². The summed E-state index contributed by atoms with van der Waals surface area (Å²) in [6.07, 6.45) is -3.29. The lowest BCUT2D eigenvalue weighted by molar-refractivity contribution is -0.182. The summed E-state index contributed by atoms with van der Waals surface area (Å²) in [6, 6.07) is 5.66. The van der Waals surface area contributed by atoms with Crippen LogP contribution in [0.2, 0.25) is 0 Å². The van der Waals surface area contributed by atoms with Crippen LogP contribution < -0.4 is 10.3 Å². The predicted molar refractivity (Wildman–Crippen MR) is 114 cm³/mol. The summed E-state index contributed by atoms with van der Waals surface area (Å²) >= 11 is 0. The van der Waals surface area contributed by atoms with Crippen LogP contribution in [0.1, 0.15) is 57.8 Å². The van der Waals surface area contributed by atoms with E-state index in [-0.39, 0.29) is 18.3 Å². The second-order valence-electron chi connectivity index (χ2n) is 8.10. The summed E-state index contributed by atoms with van der Waals surface area (Å²) in [6.45, 7) is 7.43. The van der Waals surface area contributed by atoms with Crippen LogP contribution >= 0.6 is 0 Å². The molecule has 1 aromatic heterocycles. The zero-order valence-corrected chi connectivity index (χ0v) is 19.0. The maximum Gasteiger partial charge on any atom is 0.303 e. The Morgan fingerprint density at radius 1 is 1.06 bits per heavy atom. The fourth-order valence-electron chi connectivity index (χ4n) is 3.86. The van der Waals surface area contributed by atoms with Crippen molar-refractivity contribution in [1.82, 2.24) is 4.57 Å². The first-order chi connectivity index (χ1) is 15.0. The number of ether oxygens (including phenoxy) is 4. The van der Waals surface area contributed by atoms with Gasteiger partial charge in [0, 0.05) is 33.2 Å². The van der Waals surface area contributed by atoms with Gasteiger partial charge in [0.25, 0.3) is 5.56 Å². The maximum atomic E-state index is 13.2. The molecule has 0 amide bonds. The van der Waals surface area contributed by atoms with Crippen LogP contribution in [-0.2, 0) is 35.6 Å². The number of esters is 3. The molecule has 0 aliphatic carbocycles. The fourth-order valence-corrected chi connectivity index (χ4v) is 3.86. The van der Waals surface area contributed by atoms with Crippen LogP contribution in [0.15, 0.2) is 23.0 Å². The Hall–Kier alpha value is -3.36. The first kappa shape index (κ1) is 23.3. The summed E-state index contributed by atoms with van der Waals surface area (Å²) in [5.74, 6) is -1.67. The fraction of sp³-hybridized carbons (Fsp3) is 0.478. The molecule has 0 saturated heterocycles. The summed E-state index contributed by atoms with van der Waals surface area (Å²) in [7, 11) is 1.61. The van der Waals surface area contributed by atoms with Gasteiger partial charge in [-0.2, -0.15) is 0 Å². The van der Waals surface area contributed by atoms with Gasteiger partial charge < -0.3 is 23.5 Å². The Balaban J connectivity index is 2.32. The molecule has 9 heteroatoms. The van der Waals surface area contributed by atoms with Crippen LogP contribution in [-0.4, -0.2) is 41.3 Å². The molecular formula is C23H27NO8. The Kier molecular flexibility index (Phi) is 6.57. The topological polar surface area (TPSA) is 110 Å². The minimum atomic E-state index is -1.13. The second-order valence-corrected chi connectivity index (χ2v) is 8.10. The van der Waals surface area contributed by atoms with E-state index in [9.17, 15) is 19.2 Å². The molecule has 0 unspecified atom stereocenters. The van der Waals surface area contributed by atoms with Gasteiger partial charge in [0.05, 0.1) is 11.1 Å². The molecule has 2 heterocycles. The number of hydrogen-bond donors (Lipinski definition) is 0. The molecule has 1 aliphatic rings. The third-order valence-electron chi connectivity index (χ3n) is 5.35. The normalized spacial score (nSPS) is 19.8. The number of carbonyl (C=O) groups excluding carboxylic acids is 3. The highest BCUT2D eigenvalue weighted by molar-refractivity contribution is 5.87. The average molecular weight is 445 g/mol. The van der Waals surface area contributed by atoms with Gasteiger partial charge in [0.1, 0.15) is 6.61 Å². The zero-order chi connectivity index (χ0) is 23.7. The summed E-state index contributed by atoms with van der Waals surface area (Å²) < 4.78 is 23.5. The Morgan fingerprint density at radius 3 is 2.28 bits per heavy atom. The van der Waals surface area contributed by atoms with Crippen molar-refractivity contribution >= 4 is 28.8 Å². The lowest BCUT2D eigenvalue weighted by Gasteiger charge is -2.38. The van der Waals surface area contributed by atoms with Crippen molar-refractivity contribution in [3.05, 3.63) is 39.7 Å². The van der Waals surface area contributed by atoms with Crippen molar-refractivity contribution in [2.45, 2.75) is 58.8 Å². The van der Waals surface area contributed by atoms with Crippen molar-refractivity contribution in [3.63, 3.8) is 0 Å².